The summed E-state index contributed by atoms with van der Waals surface area (Å²) in [4.78, 5) is 19.5. The molecule has 0 saturated heterocycles. The van der Waals surface area contributed by atoms with Crippen molar-refractivity contribution in [2.75, 3.05) is 0 Å². The monoisotopic (exact) mass is 429 g/mol. The molecule has 0 radical (unpaired) electrons. The predicted molar refractivity (Wildman–Crippen MR) is 115 cm³/mol. The van der Waals surface area contributed by atoms with Gasteiger partial charge in [0.15, 0.2) is 5.16 Å². The van der Waals surface area contributed by atoms with Crippen molar-refractivity contribution in [3.05, 3.63) is 81.0 Å². The molecule has 1 aromatic heterocycles. The fourth-order valence-electron chi connectivity index (χ4n) is 2.42. The third-order valence-electron chi connectivity index (χ3n) is 4.04. The Hall–Kier alpha value is -2.64. The van der Waals surface area contributed by atoms with Crippen LogP contribution in [0.3, 0.4) is 0 Å². The molecule has 0 amide bonds. The molecule has 3 aromatic rings. The van der Waals surface area contributed by atoms with Crippen molar-refractivity contribution in [2.45, 2.75) is 37.1 Å². The quantitative estimate of drug-likeness (QED) is 0.195. The van der Waals surface area contributed by atoms with Crippen LogP contribution in [0, 0.1) is 10.1 Å². The molecule has 0 aliphatic carbocycles. The summed E-state index contributed by atoms with van der Waals surface area (Å²) in [6.45, 7) is 6.19. The number of non-ortho nitro benzene ring substituents is 1. The van der Waals surface area contributed by atoms with Gasteiger partial charge in [0.05, 0.1) is 10.6 Å². The number of halogens is 1. The molecule has 0 N–H and O–H groups in total. The Morgan fingerprint density at radius 2 is 1.79 bits per heavy atom. The van der Waals surface area contributed by atoms with Crippen LogP contribution in [0.2, 0.25) is 5.02 Å². The van der Waals surface area contributed by atoms with Crippen molar-refractivity contribution in [3.8, 4) is 11.6 Å². The molecule has 0 bridgehead atoms. The number of nitrogens with zero attached hydrogens (tertiary/aromatic N) is 3. The van der Waals surface area contributed by atoms with E-state index in [1.54, 1.807) is 18.2 Å². The number of nitro benzene ring substituents is 1. The molecule has 0 aliphatic rings. The number of aromatic nitrogens is 2. The van der Waals surface area contributed by atoms with E-state index >= 15 is 0 Å². The van der Waals surface area contributed by atoms with Gasteiger partial charge in [-0.1, -0.05) is 62.3 Å². The third kappa shape index (κ3) is 5.68. The van der Waals surface area contributed by atoms with Crippen LogP contribution in [-0.2, 0) is 11.2 Å². The summed E-state index contributed by atoms with van der Waals surface area (Å²) in [5.41, 5.74) is 1.65. The van der Waals surface area contributed by atoms with Crippen LogP contribution in [0.4, 0.5) is 5.69 Å². The van der Waals surface area contributed by atoms with Crippen LogP contribution >= 0.6 is 23.4 Å². The summed E-state index contributed by atoms with van der Waals surface area (Å²) < 4.78 is 5.85. The zero-order valence-corrected chi connectivity index (χ0v) is 17.8. The molecule has 0 saturated carbocycles. The van der Waals surface area contributed by atoms with E-state index in [0.29, 0.717) is 27.6 Å². The summed E-state index contributed by atoms with van der Waals surface area (Å²) in [5.74, 6) is 1.49. The second-order valence-corrected chi connectivity index (χ2v) is 8.71. The van der Waals surface area contributed by atoms with E-state index < -0.39 is 4.92 Å². The first-order valence-electron chi connectivity index (χ1n) is 8.90. The van der Waals surface area contributed by atoms with E-state index in [1.807, 2.05) is 24.3 Å². The molecule has 0 unspecified atom stereocenters. The topological polar surface area (TPSA) is 78.2 Å². The molecule has 8 heteroatoms. The Balaban J connectivity index is 1.85. The smallest absolute Gasteiger partial charge is 0.269 e. The lowest BCUT2D eigenvalue weighted by atomic mass is 9.92. The number of nitro groups is 1. The van der Waals surface area contributed by atoms with Crippen molar-refractivity contribution in [1.29, 1.82) is 0 Å². The van der Waals surface area contributed by atoms with Crippen molar-refractivity contribution >= 4 is 29.1 Å². The molecule has 150 valence electrons. The van der Waals surface area contributed by atoms with E-state index in [9.17, 15) is 10.1 Å². The molecule has 0 aliphatic heterocycles. The van der Waals surface area contributed by atoms with Crippen molar-refractivity contribution in [2.24, 2.45) is 0 Å². The van der Waals surface area contributed by atoms with Crippen LogP contribution in [-0.4, -0.2) is 14.9 Å². The van der Waals surface area contributed by atoms with Gasteiger partial charge < -0.3 is 4.74 Å². The van der Waals surface area contributed by atoms with Crippen LogP contribution in [0.15, 0.2) is 59.8 Å². The highest BCUT2D eigenvalue weighted by Gasteiger charge is 2.19. The molecule has 0 spiro atoms. The SMILES string of the molecule is CC(C)(C)c1cc(Oc2ccc([N+](=O)[O-])cc2)nc(SCc2ccccc2Cl)n1. The Kier molecular flexibility index (Phi) is 6.39. The molecular formula is C21H20ClN3O3S. The van der Waals surface area contributed by atoms with Crippen LogP contribution in [0.1, 0.15) is 32.0 Å². The average molecular weight is 430 g/mol. The van der Waals surface area contributed by atoms with Crippen molar-refractivity contribution < 1.29 is 9.66 Å². The normalized spacial score (nSPS) is 11.3. The Morgan fingerprint density at radius 3 is 2.41 bits per heavy atom. The van der Waals surface area contributed by atoms with Gasteiger partial charge in [-0.25, -0.2) is 4.98 Å². The highest BCUT2D eigenvalue weighted by Crippen LogP contribution is 2.31. The highest BCUT2D eigenvalue weighted by molar-refractivity contribution is 7.98. The first kappa shape index (κ1) is 21.1. The molecule has 6 nitrogen and oxygen atoms in total. The van der Waals surface area contributed by atoms with Gasteiger partial charge >= 0.3 is 0 Å². The average Bonchev–Trinajstić information content (AvgIpc) is 2.67. The fourth-order valence-corrected chi connectivity index (χ4v) is 3.55. The number of thioether (sulfide) groups is 1. The highest BCUT2D eigenvalue weighted by atomic mass is 35.5. The number of hydrogen-bond acceptors (Lipinski definition) is 6. The van der Waals surface area contributed by atoms with E-state index in [1.165, 1.54) is 23.9 Å². The maximum Gasteiger partial charge on any atom is 0.269 e. The van der Waals surface area contributed by atoms with Gasteiger partial charge in [0, 0.05) is 34.4 Å². The van der Waals surface area contributed by atoms with Gasteiger partial charge in [-0.05, 0) is 23.8 Å². The number of benzene rings is 2. The minimum absolute atomic E-state index is 0.00593. The van der Waals surface area contributed by atoms with E-state index in [4.69, 9.17) is 16.3 Å². The maximum atomic E-state index is 10.8. The minimum atomic E-state index is -0.449. The summed E-state index contributed by atoms with van der Waals surface area (Å²) in [6.07, 6.45) is 0. The Labute approximate surface area is 178 Å². The van der Waals surface area contributed by atoms with Gasteiger partial charge in [0.1, 0.15) is 5.75 Å². The van der Waals surface area contributed by atoms with E-state index in [0.717, 1.165) is 11.3 Å². The standard InChI is InChI=1S/C21H20ClN3O3S/c1-21(2,3)18-12-19(28-16-10-8-15(9-11-16)25(26)27)24-20(23-18)29-13-14-6-4-5-7-17(14)22/h4-12H,13H2,1-3H3. The van der Waals surface area contributed by atoms with Crippen molar-refractivity contribution in [1.82, 2.24) is 9.97 Å². The van der Waals surface area contributed by atoms with Crippen LogP contribution in [0.5, 0.6) is 11.6 Å². The predicted octanol–water partition coefficient (Wildman–Crippen LogP) is 6.42. The van der Waals surface area contributed by atoms with Gasteiger partial charge in [0.2, 0.25) is 5.88 Å². The largest absolute Gasteiger partial charge is 0.439 e. The van der Waals surface area contributed by atoms with Crippen LogP contribution < -0.4 is 4.74 Å². The van der Waals surface area contributed by atoms with E-state index in [-0.39, 0.29) is 11.1 Å². The molecular weight excluding hydrogens is 410 g/mol. The molecule has 0 fully saturated rings. The lowest BCUT2D eigenvalue weighted by Gasteiger charge is -2.19. The zero-order chi connectivity index (χ0) is 21.0. The minimum Gasteiger partial charge on any atom is -0.439 e. The van der Waals surface area contributed by atoms with E-state index in [2.05, 4.69) is 30.7 Å². The lowest BCUT2D eigenvalue weighted by Crippen LogP contribution is -2.14. The fraction of sp³-hybridized carbons (Fsp3) is 0.238. The molecule has 1 heterocycles. The summed E-state index contributed by atoms with van der Waals surface area (Å²) in [6, 6.07) is 15.3. The summed E-state index contributed by atoms with van der Waals surface area (Å²) in [7, 11) is 0. The zero-order valence-electron chi connectivity index (χ0n) is 16.3. The molecule has 0 atom stereocenters. The second-order valence-electron chi connectivity index (χ2n) is 7.36. The van der Waals surface area contributed by atoms with Crippen molar-refractivity contribution in [3.63, 3.8) is 0 Å². The third-order valence-corrected chi connectivity index (χ3v) is 5.30. The molecule has 2 aromatic carbocycles. The van der Waals surface area contributed by atoms with Crippen LogP contribution in [0.25, 0.3) is 0 Å². The lowest BCUT2D eigenvalue weighted by molar-refractivity contribution is -0.384. The molecule has 3 rings (SSSR count). The molecule has 29 heavy (non-hydrogen) atoms. The van der Waals surface area contributed by atoms with Gasteiger partial charge in [-0.15, -0.1) is 0 Å². The number of ether oxygens (including phenoxy) is 1. The summed E-state index contributed by atoms with van der Waals surface area (Å²) in [5, 5.41) is 12.1. The Bertz CT molecular complexity index is 1020. The first-order chi connectivity index (χ1) is 13.7. The maximum absolute atomic E-state index is 10.8. The second kappa shape index (κ2) is 8.80. The number of rotatable bonds is 6. The Morgan fingerprint density at radius 1 is 1.10 bits per heavy atom. The number of hydrogen-bond donors (Lipinski definition) is 0. The van der Waals surface area contributed by atoms with Gasteiger partial charge in [0.25, 0.3) is 5.69 Å². The van der Waals surface area contributed by atoms with Gasteiger partial charge in [-0.2, -0.15) is 4.98 Å². The summed E-state index contributed by atoms with van der Waals surface area (Å²) >= 11 is 7.71. The first-order valence-corrected chi connectivity index (χ1v) is 10.3. The van der Waals surface area contributed by atoms with Gasteiger partial charge in [-0.3, -0.25) is 10.1 Å².